The summed E-state index contributed by atoms with van der Waals surface area (Å²) in [5.41, 5.74) is 0. The van der Waals surface area contributed by atoms with Crippen molar-refractivity contribution in [3.8, 4) is 0 Å². The molecule has 0 spiro atoms. The molecule has 1 N–H and O–H groups in total. The van der Waals surface area contributed by atoms with Crippen molar-refractivity contribution in [2.24, 2.45) is 0 Å². The van der Waals surface area contributed by atoms with E-state index >= 15 is 0 Å². The number of unbranched alkanes of at least 4 members (excludes halogenated alkanes) is 1. The van der Waals surface area contributed by atoms with Crippen LogP contribution in [0, 0.1) is 0 Å². The van der Waals surface area contributed by atoms with Gasteiger partial charge in [0.2, 0.25) is 0 Å². The van der Waals surface area contributed by atoms with E-state index < -0.39 is 0 Å². The fourth-order valence-electron chi connectivity index (χ4n) is 0.358. The van der Waals surface area contributed by atoms with Crippen LogP contribution in [-0.2, 0) is 4.43 Å². The molecule has 0 rings (SSSR count). The standard InChI is InChI=1S/C4H12O2Si/c5-3-1-2-4-6-7/h5H,1-4H2,7H3. The van der Waals surface area contributed by atoms with Crippen LogP contribution in [0.15, 0.2) is 0 Å². The zero-order valence-corrected chi connectivity index (χ0v) is 6.68. The van der Waals surface area contributed by atoms with Crippen LogP contribution in [0.1, 0.15) is 12.8 Å². The van der Waals surface area contributed by atoms with E-state index in [2.05, 4.69) is 0 Å². The van der Waals surface area contributed by atoms with Gasteiger partial charge in [-0.3, -0.25) is 0 Å². The summed E-state index contributed by atoms with van der Waals surface area (Å²) in [4.78, 5) is 0. The molecule has 0 aliphatic carbocycles. The van der Waals surface area contributed by atoms with Crippen molar-refractivity contribution in [3.05, 3.63) is 0 Å². The molecule has 0 aliphatic rings. The predicted octanol–water partition coefficient (Wildman–Crippen LogP) is -0.944. The van der Waals surface area contributed by atoms with Gasteiger partial charge in [0.05, 0.1) is 0 Å². The molecule has 0 saturated heterocycles. The Labute approximate surface area is 47.0 Å². The number of hydrogen-bond acceptors (Lipinski definition) is 2. The number of aliphatic hydroxyl groups excluding tert-OH is 1. The zero-order chi connectivity index (χ0) is 5.54. The van der Waals surface area contributed by atoms with Crippen LogP contribution in [0.2, 0.25) is 0 Å². The molecule has 0 bridgehead atoms. The maximum Gasteiger partial charge on any atom is 0.145 e. The summed E-state index contributed by atoms with van der Waals surface area (Å²) >= 11 is 0. The Bertz CT molecular complexity index is 28.9. The van der Waals surface area contributed by atoms with Crippen LogP contribution in [-0.4, -0.2) is 28.8 Å². The third-order valence-corrected chi connectivity index (χ3v) is 1.16. The van der Waals surface area contributed by atoms with Gasteiger partial charge in [-0.15, -0.1) is 0 Å². The maximum absolute atomic E-state index is 8.25. The first-order valence-corrected chi connectivity index (χ1v) is 3.33. The Hall–Kier alpha value is 0.137. The lowest BCUT2D eigenvalue weighted by atomic mass is 10.3. The molecule has 0 radical (unpaired) electrons. The van der Waals surface area contributed by atoms with Gasteiger partial charge in [-0.1, -0.05) is 0 Å². The molecular weight excluding hydrogens is 108 g/mol. The molecule has 0 aromatic carbocycles. The van der Waals surface area contributed by atoms with Crippen molar-refractivity contribution in [1.29, 1.82) is 0 Å². The lowest BCUT2D eigenvalue weighted by molar-refractivity contribution is 0.261. The summed E-state index contributed by atoms with van der Waals surface area (Å²) in [5.74, 6) is 0. The van der Waals surface area contributed by atoms with Crippen molar-refractivity contribution < 1.29 is 9.53 Å². The first-order valence-electron chi connectivity index (χ1n) is 2.51. The summed E-state index contributed by atoms with van der Waals surface area (Å²) in [6, 6.07) is 0. The topological polar surface area (TPSA) is 29.5 Å². The quantitative estimate of drug-likeness (QED) is 0.383. The first-order chi connectivity index (χ1) is 3.41. The Morgan fingerprint density at radius 2 is 2.14 bits per heavy atom. The Morgan fingerprint density at radius 1 is 1.43 bits per heavy atom. The van der Waals surface area contributed by atoms with Crippen molar-refractivity contribution >= 4 is 10.5 Å². The van der Waals surface area contributed by atoms with Crippen LogP contribution < -0.4 is 0 Å². The van der Waals surface area contributed by atoms with Gasteiger partial charge in [0.1, 0.15) is 10.5 Å². The van der Waals surface area contributed by atoms with Gasteiger partial charge in [0, 0.05) is 13.2 Å². The van der Waals surface area contributed by atoms with E-state index in [1.54, 1.807) is 0 Å². The van der Waals surface area contributed by atoms with E-state index in [-0.39, 0.29) is 0 Å². The molecule has 44 valence electrons. The highest BCUT2D eigenvalue weighted by atomic mass is 28.2. The molecule has 0 aromatic rings. The Kier molecular flexibility index (Phi) is 6.26. The highest BCUT2D eigenvalue weighted by molar-refractivity contribution is 5.97. The fraction of sp³-hybridized carbons (Fsp3) is 1.00. The molecule has 0 heterocycles. The molecule has 0 unspecified atom stereocenters. The molecule has 7 heavy (non-hydrogen) atoms. The summed E-state index contributed by atoms with van der Waals surface area (Å²) in [6.07, 6.45) is 1.88. The fourth-order valence-corrected chi connectivity index (χ4v) is 0.647. The lowest BCUT2D eigenvalue weighted by Gasteiger charge is -1.93. The third-order valence-electron chi connectivity index (χ3n) is 0.757. The number of hydrogen-bond donors (Lipinski definition) is 1. The van der Waals surface area contributed by atoms with Gasteiger partial charge in [-0.25, -0.2) is 0 Å². The zero-order valence-electron chi connectivity index (χ0n) is 4.68. The van der Waals surface area contributed by atoms with Crippen molar-refractivity contribution in [2.45, 2.75) is 12.8 Å². The Morgan fingerprint density at radius 3 is 2.57 bits per heavy atom. The van der Waals surface area contributed by atoms with Crippen molar-refractivity contribution in [3.63, 3.8) is 0 Å². The predicted molar refractivity (Wildman–Crippen MR) is 32.2 cm³/mol. The van der Waals surface area contributed by atoms with Crippen LogP contribution >= 0.6 is 0 Å². The van der Waals surface area contributed by atoms with E-state index in [9.17, 15) is 0 Å². The minimum absolute atomic E-state index is 0.297. The highest BCUT2D eigenvalue weighted by Gasteiger charge is 1.80. The normalized spacial score (nSPS) is 9.86. The average molecular weight is 120 g/mol. The SMILES string of the molecule is OCCCCO[SiH3]. The summed E-state index contributed by atoms with van der Waals surface area (Å²) in [7, 11) is 0.824. The third kappa shape index (κ3) is 6.14. The van der Waals surface area contributed by atoms with E-state index in [1.807, 2.05) is 0 Å². The maximum atomic E-state index is 8.25. The highest BCUT2D eigenvalue weighted by Crippen LogP contribution is 1.84. The second kappa shape index (κ2) is 6.14. The van der Waals surface area contributed by atoms with E-state index in [0.717, 1.165) is 29.9 Å². The monoisotopic (exact) mass is 120 g/mol. The van der Waals surface area contributed by atoms with Gasteiger partial charge in [-0.2, -0.15) is 0 Å². The summed E-state index contributed by atoms with van der Waals surface area (Å²) < 4.78 is 4.87. The first kappa shape index (κ1) is 7.14. The molecule has 3 heteroatoms. The molecule has 0 aliphatic heterocycles. The minimum atomic E-state index is 0.297. The minimum Gasteiger partial charge on any atom is -0.428 e. The number of aliphatic hydroxyl groups is 1. The second-order valence-corrected chi connectivity index (χ2v) is 2.00. The van der Waals surface area contributed by atoms with Crippen molar-refractivity contribution in [2.75, 3.05) is 13.2 Å². The molecule has 0 aromatic heterocycles. The smallest absolute Gasteiger partial charge is 0.145 e. The molecule has 2 nitrogen and oxygen atoms in total. The van der Waals surface area contributed by atoms with E-state index in [4.69, 9.17) is 9.53 Å². The average Bonchev–Trinajstić information content (AvgIpc) is 1.69. The molecule has 0 fully saturated rings. The summed E-state index contributed by atoms with van der Waals surface area (Å²) in [6.45, 7) is 1.12. The van der Waals surface area contributed by atoms with Gasteiger partial charge in [0.15, 0.2) is 0 Å². The second-order valence-electron chi connectivity index (χ2n) is 1.42. The van der Waals surface area contributed by atoms with E-state index in [1.165, 1.54) is 0 Å². The van der Waals surface area contributed by atoms with Crippen LogP contribution in [0.4, 0.5) is 0 Å². The number of rotatable bonds is 4. The Balaban J connectivity index is 2.45. The van der Waals surface area contributed by atoms with E-state index in [0.29, 0.717) is 6.61 Å². The largest absolute Gasteiger partial charge is 0.428 e. The van der Waals surface area contributed by atoms with Crippen LogP contribution in [0.3, 0.4) is 0 Å². The van der Waals surface area contributed by atoms with Crippen LogP contribution in [0.5, 0.6) is 0 Å². The molecule has 0 saturated carbocycles. The molecule has 0 atom stereocenters. The van der Waals surface area contributed by atoms with Gasteiger partial charge < -0.3 is 9.53 Å². The summed E-state index contributed by atoms with van der Waals surface area (Å²) in [5, 5.41) is 8.25. The van der Waals surface area contributed by atoms with Gasteiger partial charge >= 0.3 is 0 Å². The van der Waals surface area contributed by atoms with Gasteiger partial charge in [-0.05, 0) is 12.8 Å². The molecule has 0 amide bonds. The van der Waals surface area contributed by atoms with Gasteiger partial charge in [0.25, 0.3) is 0 Å². The molecular formula is C4H12O2Si. The lowest BCUT2D eigenvalue weighted by Crippen LogP contribution is -1.91. The van der Waals surface area contributed by atoms with Crippen molar-refractivity contribution in [1.82, 2.24) is 0 Å². The van der Waals surface area contributed by atoms with Crippen LogP contribution in [0.25, 0.3) is 0 Å².